The molecule has 1 heterocycles. The number of halogens is 1. The van der Waals surface area contributed by atoms with Crippen LogP contribution >= 0.6 is 11.6 Å². The fraction of sp³-hybridized carbons (Fsp3) is 0.625. The second-order valence-corrected chi connectivity index (χ2v) is 3.34. The van der Waals surface area contributed by atoms with Crippen molar-refractivity contribution in [3.05, 3.63) is 16.9 Å². The molecule has 1 aromatic rings. The summed E-state index contributed by atoms with van der Waals surface area (Å²) in [5.41, 5.74) is 6.82. The molecule has 1 unspecified atom stereocenters. The Morgan fingerprint density at radius 2 is 2.42 bits per heavy atom. The summed E-state index contributed by atoms with van der Waals surface area (Å²) in [5.74, 6) is 0. The van der Waals surface area contributed by atoms with Crippen molar-refractivity contribution in [3.8, 4) is 0 Å². The van der Waals surface area contributed by atoms with E-state index in [0.29, 0.717) is 5.02 Å². The third-order valence-corrected chi connectivity index (χ3v) is 2.31. The lowest BCUT2D eigenvalue weighted by Crippen LogP contribution is -2.22. The van der Waals surface area contributed by atoms with Gasteiger partial charge in [0, 0.05) is 19.5 Å². The van der Waals surface area contributed by atoms with Crippen molar-refractivity contribution in [2.45, 2.75) is 25.8 Å². The van der Waals surface area contributed by atoms with E-state index in [1.165, 1.54) is 0 Å². The van der Waals surface area contributed by atoms with E-state index < -0.39 is 0 Å². The van der Waals surface area contributed by atoms with Crippen LogP contribution in [0.1, 0.15) is 19.0 Å². The van der Waals surface area contributed by atoms with Crippen molar-refractivity contribution >= 4 is 11.6 Å². The molecule has 0 amide bonds. The molecular formula is C8H14ClN3. The van der Waals surface area contributed by atoms with Gasteiger partial charge in [0.25, 0.3) is 0 Å². The van der Waals surface area contributed by atoms with E-state index in [1.54, 1.807) is 10.9 Å². The third-order valence-electron chi connectivity index (χ3n) is 1.99. The first kappa shape index (κ1) is 9.55. The molecule has 0 aliphatic heterocycles. The van der Waals surface area contributed by atoms with Crippen LogP contribution < -0.4 is 5.73 Å². The van der Waals surface area contributed by atoms with Crippen molar-refractivity contribution in [1.29, 1.82) is 0 Å². The van der Waals surface area contributed by atoms with E-state index in [-0.39, 0.29) is 6.04 Å². The Labute approximate surface area is 77.5 Å². The molecule has 1 rings (SSSR count). The first-order valence-corrected chi connectivity index (χ1v) is 4.45. The number of aryl methyl sites for hydroxylation is 1. The summed E-state index contributed by atoms with van der Waals surface area (Å²) in [5, 5.41) is 4.74. The molecule has 0 aliphatic rings. The highest BCUT2D eigenvalue weighted by Gasteiger charge is 2.09. The fourth-order valence-corrected chi connectivity index (χ4v) is 1.30. The molecule has 0 saturated carbocycles. The minimum atomic E-state index is 0.179. The highest BCUT2D eigenvalue weighted by molar-refractivity contribution is 6.31. The molecule has 0 radical (unpaired) electrons. The van der Waals surface area contributed by atoms with Crippen LogP contribution in [0.2, 0.25) is 5.02 Å². The lowest BCUT2D eigenvalue weighted by molar-refractivity contribution is 0.602. The standard InChI is InChI=1S/C8H14ClN3/c1-3-6(10)4-8-7(9)5-11-12(8)2/h5-6H,3-4,10H2,1-2H3. The summed E-state index contributed by atoms with van der Waals surface area (Å²) >= 11 is 5.91. The van der Waals surface area contributed by atoms with E-state index in [4.69, 9.17) is 17.3 Å². The number of rotatable bonds is 3. The Hall–Kier alpha value is -0.540. The molecule has 3 nitrogen and oxygen atoms in total. The van der Waals surface area contributed by atoms with Gasteiger partial charge in [0.05, 0.1) is 16.9 Å². The molecule has 4 heteroatoms. The van der Waals surface area contributed by atoms with Gasteiger partial charge in [-0.15, -0.1) is 0 Å². The minimum Gasteiger partial charge on any atom is -0.327 e. The zero-order valence-electron chi connectivity index (χ0n) is 7.42. The maximum absolute atomic E-state index is 5.91. The van der Waals surface area contributed by atoms with Crippen LogP contribution in [0.3, 0.4) is 0 Å². The third kappa shape index (κ3) is 1.99. The fourth-order valence-electron chi connectivity index (χ4n) is 1.06. The predicted octanol–water partition coefficient (Wildman–Crippen LogP) is 1.35. The first-order valence-electron chi connectivity index (χ1n) is 4.07. The number of nitrogens with zero attached hydrogens (tertiary/aromatic N) is 2. The Balaban J connectivity index is 2.73. The summed E-state index contributed by atoms with van der Waals surface area (Å²) in [7, 11) is 1.88. The average molecular weight is 188 g/mol. The summed E-state index contributed by atoms with van der Waals surface area (Å²) in [6.45, 7) is 2.06. The number of aromatic nitrogens is 2. The largest absolute Gasteiger partial charge is 0.327 e. The Morgan fingerprint density at radius 3 is 2.83 bits per heavy atom. The van der Waals surface area contributed by atoms with Gasteiger partial charge in [-0.25, -0.2) is 0 Å². The van der Waals surface area contributed by atoms with Crippen molar-refractivity contribution in [3.63, 3.8) is 0 Å². The van der Waals surface area contributed by atoms with E-state index in [0.717, 1.165) is 18.5 Å². The van der Waals surface area contributed by atoms with Gasteiger partial charge in [-0.2, -0.15) is 5.10 Å². The molecule has 0 fully saturated rings. The van der Waals surface area contributed by atoms with Gasteiger partial charge in [0.2, 0.25) is 0 Å². The van der Waals surface area contributed by atoms with Gasteiger partial charge in [-0.3, -0.25) is 4.68 Å². The predicted molar refractivity (Wildman–Crippen MR) is 50.2 cm³/mol. The Kier molecular flexibility index (Phi) is 3.12. The monoisotopic (exact) mass is 187 g/mol. The first-order chi connectivity index (χ1) is 5.65. The van der Waals surface area contributed by atoms with Crippen LogP contribution in [-0.4, -0.2) is 15.8 Å². The molecule has 0 saturated heterocycles. The number of hydrogen-bond donors (Lipinski definition) is 1. The minimum absolute atomic E-state index is 0.179. The lowest BCUT2D eigenvalue weighted by Gasteiger charge is -2.08. The maximum atomic E-state index is 5.91. The smallest absolute Gasteiger partial charge is 0.0818 e. The molecule has 1 atom stereocenters. The van der Waals surface area contributed by atoms with E-state index >= 15 is 0 Å². The molecule has 0 aromatic carbocycles. The maximum Gasteiger partial charge on any atom is 0.0818 e. The molecule has 1 aromatic heterocycles. The lowest BCUT2D eigenvalue weighted by atomic mass is 10.1. The summed E-state index contributed by atoms with van der Waals surface area (Å²) < 4.78 is 1.78. The SMILES string of the molecule is CCC(N)Cc1c(Cl)cnn1C. The average Bonchev–Trinajstić information content (AvgIpc) is 2.35. The summed E-state index contributed by atoms with van der Waals surface area (Å²) in [4.78, 5) is 0. The van der Waals surface area contributed by atoms with Gasteiger partial charge in [-0.1, -0.05) is 18.5 Å². The molecule has 12 heavy (non-hydrogen) atoms. The number of nitrogens with two attached hydrogens (primary N) is 1. The molecule has 0 bridgehead atoms. The van der Waals surface area contributed by atoms with Crippen LogP contribution in [0.5, 0.6) is 0 Å². The second-order valence-electron chi connectivity index (χ2n) is 2.94. The van der Waals surface area contributed by atoms with Gasteiger partial charge >= 0.3 is 0 Å². The zero-order chi connectivity index (χ0) is 9.14. The van der Waals surface area contributed by atoms with Gasteiger partial charge in [0.15, 0.2) is 0 Å². The quantitative estimate of drug-likeness (QED) is 0.777. The highest BCUT2D eigenvalue weighted by atomic mass is 35.5. The molecule has 0 aliphatic carbocycles. The van der Waals surface area contributed by atoms with E-state index in [1.807, 2.05) is 7.05 Å². The topological polar surface area (TPSA) is 43.8 Å². The van der Waals surface area contributed by atoms with Gasteiger partial charge in [-0.05, 0) is 6.42 Å². The van der Waals surface area contributed by atoms with Crippen LogP contribution in [0.15, 0.2) is 6.20 Å². The van der Waals surface area contributed by atoms with Crippen LogP contribution in [0.4, 0.5) is 0 Å². The normalized spacial score (nSPS) is 13.3. The van der Waals surface area contributed by atoms with E-state index in [2.05, 4.69) is 12.0 Å². The summed E-state index contributed by atoms with van der Waals surface area (Å²) in [6.07, 6.45) is 3.41. The molecule has 68 valence electrons. The van der Waals surface area contributed by atoms with Crippen molar-refractivity contribution in [2.24, 2.45) is 12.8 Å². The van der Waals surface area contributed by atoms with Crippen molar-refractivity contribution < 1.29 is 0 Å². The van der Waals surface area contributed by atoms with Crippen LogP contribution in [-0.2, 0) is 13.5 Å². The van der Waals surface area contributed by atoms with Gasteiger partial charge in [0.1, 0.15) is 0 Å². The highest BCUT2D eigenvalue weighted by Crippen LogP contribution is 2.15. The van der Waals surface area contributed by atoms with Crippen molar-refractivity contribution in [2.75, 3.05) is 0 Å². The second kappa shape index (κ2) is 3.92. The van der Waals surface area contributed by atoms with Crippen molar-refractivity contribution in [1.82, 2.24) is 9.78 Å². The molecular weight excluding hydrogens is 174 g/mol. The van der Waals surface area contributed by atoms with Crippen LogP contribution in [0, 0.1) is 0 Å². The Bertz CT molecular complexity index is 237. The Morgan fingerprint density at radius 1 is 1.75 bits per heavy atom. The molecule has 2 N–H and O–H groups in total. The van der Waals surface area contributed by atoms with Gasteiger partial charge < -0.3 is 5.73 Å². The van der Waals surface area contributed by atoms with Crippen LogP contribution in [0.25, 0.3) is 0 Å². The zero-order valence-corrected chi connectivity index (χ0v) is 8.17. The molecule has 0 spiro atoms. The van der Waals surface area contributed by atoms with E-state index in [9.17, 15) is 0 Å². The summed E-state index contributed by atoms with van der Waals surface area (Å²) in [6, 6.07) is 0.179. The number of hydrogen-bond acceptors (Lipinski definition) is 2.